The predicted molar refractivity (Wildman–Crippen MR) is 79.0 cm³/mol. The highest BCUT2D eigenvalue weighted by molar-refractivity contribution is 5.95. The van der Waals surface area contributed by atoms with E-state index in [0.717, 1.165) is 6.42 Å². The summed E-state index contributed by atoms with van der Waals surface area (Å²) >= 11 is 0. The second-order valence-electron chi connectivity index (χ2n) is 5.44. The molecule has 0 unspecified atom stereocenters. The zero-order valence-electron chi connectivity index (χ0n) is 12.3. The molecule has 0 fully saturated rings. The Morgan fingerprint density at radius 3 is 2.55 bits per heavy atom. The van der Waals surface area contributed by atoms with Gasteiger partial charge in [-0.25, -0.2) is 0 Å². The first kappa shape index (κ1) is 15.9. The van der Waals surface area contributed by atoms with Crippen molar-refractivity contribution in [3.05, 3.63) is 33.9 Å². The van der Waals surface area contributed by atoms with Gasteiger partial charge in [0.15, 0.2) is 0 Å². The molecule has 0 aliphatic rings. The largest absolute Gasteiger partial charge is 0.379 e. The maximum atomic E-state index is 11.5. The third-order valence-corrected chi connectivity index (χ3v) is 3.40. The van der Waals surface area contributed by atoms with E-state index in [0.29, 0.717) is 12.2 Å². The summed E-state index contributed by atoms with van der Waals surface area (Å²) in [6, 6.07) is 4.45. The molecule has 1 rings (SSSR count). The van der Waals surface area contributed by atoms with E-state index in [1.165, 1.54) is 13.1 Å². The van der Waals surface area contributed by atoms with Crippen molar-refractivity contribution in [2.24, 2.45) is 5.41 Å². The number of carbonyl (C=O) groups is 1. The van der Waals surface area contributed by atoms with Gasteiger partial charge in [-0.1, -0.05) is 20.8 Å². The first-order valence-electron chi connectivity index (χ1n) is 6.55. The molecule has 0 saturated heterocycles. The minimum Gasteiger partial charge on any atom is -0.379 e. The summed E-state index contributed by atoms with van der Waals surface area (Å²) in [5.74, 6) is -0.339. The van der Waals surface area contributed by atoms with Gasteiger partial charge in [0.1, 0.15) is 5.69 Å². The SMILES string of the molecule is CCC(C)(C)CNc1ccc(C(=O)NC)cc1[N+](=O)[O-]. The molecule has 1 aromatic carbocycles. The molecule has 0 radical (unpaired) electrons. The number of hydrogen-bond acceptors (Lipinski definition) is 4. The van der Waals surface area contributed by atoms with Crippen molar-refractivity contribution in [3.63, 3.8) is 0 Å². The summed E-state index contributed by atoms with van der Waals surface area (Å²) in [4.78, 5) is 22.1. The zero-order chi connectivity index (χ0) is 15.3. The maximum Gasteiger partial charge on any atom is 0.293 e. The van der Waals surface area contributed by atoms with Gasteiger partial charge >= 0.3 is 0 Å². The minimum absolute atomic E-state index is 0.0489. The number of anilines is 1. The zero-order valence-corrected chi connectivity index (χ0v) is 12.3. The van der Waals surface area contributed by atoms with E-state index < -0.39 is 4.92 Å². The van der Waals surface area contributed by atoms with Gasteiger partial charge in [0.25, 0.3) is 11.6 Å². The highest BCUT2D eigenvalue weighted by atomic mass is 16.6. The van der Waals surface area contributed by atoms with Crippen LogP contribution in [0.3, 0.4) is 0 Å². The van der Waals surface area contributed by atoms with Crippen LogP contribution in [0.5, 0.6) is 0 Å². The van der Waals surface area contributed by atoms with Crippen molar-refractivity contribution >= 4 is 17.3 Å². The van der Waals surface area contributed by atoms with Crippen molar-refractivity contribution in [3.8, 4) is 0 Å². The first-order valence-corrected chi connectivity index (χ1v) is 6.55. The highest BCUT2D eigenvalue weighted by Gasteiger charge is 2.20. The molecule has 0 saturated carbocycles. The summed E-state index contributed by atoms with van der Waals surface area (Å²) in [6.45, 7) is 6.88. The van der Waals surface area contributed by atoms with Gasteiger partial charge in [-0.15, -0.1) is 0 Å². The van der Waals surface area contributed by atoms with Crippen LogP contribution in [0.2, 0.25) is 0 Å². The summed E-state index contributed by atoms with van der Waals surface area (Å²) in [7, 11) is 1.49. The number of nitrogens with one attached hydrogen (secondary N) is 2. The molecule has 6 heteroatoms. The molecule has 1 aromatic rings. The van der Waals surface area contributed by atoms with E-state index in [2.05, 4.69) is 31.4 Å². The van der Waals surface area contributed by atoms with Crippen molar-refractivity contribution in [2.45, 2.75) is 27.2 Å². The van der Waals surface area contributed by atoms with Crippen LogP contribution < -0.4 is 10.6 Å². The van der Waals surface area contributed by atoms with Crippen LogP contribution in [0.4, 0.5) is 11.4 Å². The Hall–Kier alpha value is -2.11. The Labute approximate surface area is 118 Å². The average Bonchev–Trinajstić information content (AvgIpc) is 2.44. The Bertz CT molecular complexity index is 512. The van der Waals surface area contributed by atoms with Crippen LogP contribution >= 0.6 is 0 Å². The summed E-state index contributed by atoms with van der Waals surface area (Å²) in [6.07, 6.45) is 0.962. The first-order chi connectivity index (χ1) is 9.30. The number of hydrogen-bond donors (Lipinski definition) is 2. The quantitative estimate of drug-likeness (QED) is 0.619. The van der Waals surface area contributed by atoms with E-state index in [4.69, 9.17) is 0 Å². The predicted octanol–water partition coefficient (Wildman–Crippen LogP) is 2.80. The molecule has 0 spiro atoms. The lowest BCUT2D eigenvalue weighted by molar-refractivity contribution is -0.384. The number of carbonyl (C=O) groups excluding carboxylic acids is 1. The normalized spacial score (nSPS) is 11.0. The Kier molecular flexibility index (Phi) is 5.07. The second kappa shape index (κ2) is 6.36. The molecule has 6 nitrogen and oxygen atoms in total. The lowest BCUT2D eigenvalue weighted by Crippen LogP contribution is -2.22. The molecular weight excluding hydrogens is 258 g/mol. The van der Waals surface area contributed by atoms with Gasteiger partial charge < -0.3 is 10.6 Å². The Balaban J connectivity index is 3.02. The molecule has 0 aromatic heterocycles. The van der Waals surface area contributed by atoms with Gasteiger partial charge in [-0.2, -0.15) is 0 Å². The molecule has 0 bridgehead atoms. The molecule has 1 amide bonds. The number of rotatable bonds is 6. The lowest BCUT2D eigenvalue weighted by Gasteiger charge is -2.23. The topological polar surface area (TPSA) is 84.3 Å². The van der Waals surface area contributed by atoms with Crippen molar-refractivity contribution in [1.82, 2.24) is 5.32 Å². The number of amides is 1. The van der Waals surface area contributed by atoms with Gasteiger partial charge in [-0.3, -0.25) is 14.9 Å². The summed E-state index contributed by atoms with van der Waals surface area (Å²) < 4.78 is 0. The molecular formula is C14H21N3O3. The van der Waals surface area contributed by atoms with Crippen molar-refractivity contribution in [1.29, 1.82) is 0 Å². The summed E-state index contributed by atoms with van der Waals surface area (Å²) in [5, 5.41) is 16.7. The third kappa shape index (κ3) is 3.94. The van der Waals surface area contributed by atoms with E-state index >= 15 is 0 Å². The molecule has 0 aliphatic heterocycles. The number of benzene rings is 1. The van der Waals surface area contributed by atoms with Crippen molar-refractivity contribution < 1.29 is 9.72 Å². The molecule has 0 atom stereocenters. The number of nitrogens with zero attached hydrogens (tertiary/aromatic N) is 1. The minimum atomic E-state index is -0.478. The van der Waals surface area contributed by atoms with E-state index in [1.807, 2.05) is 0 Å². The fourth-order valence-electron chi connectivity index (χ4n) is 1.58. The van der Waals surface area contributed by atoms with E-state index in [-0.39, 0.29) is 22.6 Å². The van der Waals surface area contributed by atoms with Crippen LogP contribution in [0, 0.1) is 15.5 Å². The van der Waals surface area contributed by atoms with Gasteiger partial charge in [-0.05, 0) is 24.0 Å². The van der Waals surface area contributed by atoms with Crippen LogP contribution in [0.25, 0.3) is 0 Å². The molecule has 0 aliphatic carbocycles. The van der Waals surface area contributed by atoms with Gasteiger partial charge in [0.05, 0.1) is 4.92 Å². The second-order valence-corrected chi connectivity index (χ2v) is 5.44. The Morgan fingerprint density at radius 2 is 2.05 bits per heavy atom. The van der Waals surface area contributed by atoms with E-state index in [9.17, 15) is 14.9 Å². The monoisotopic (exact) mass is 279 g/mol. The number of nitro benzene ring substituents is 1. The molecule has 0 heterocycles. The van der Waals surface area contributed by atoms with Crippen LogP contribution in [-0.4, -0.2) is 24.4 Å². The van der Waals surface area contributed by atoms with Crippen LogP contribution in [0.1, 0.15) is 37.6 Å². The van der Waals surface area contributed by atoms with Crippen LogP contribution in [0.15, 0.2) is 18.2 Å². The Morgan fingerprint density at radius 1 is 1.40 bits per heavy atom. The average molecular weight is 279 g/mol. The summed E-state index contributed by atoms with van der Waals surface area (Å²) in [5.41, 5.74) is 0.676. The fourth-order valence-corrected chi connectivity index (χ4v) is 1.58. The lowest BCUT2D eigenvalue weighted by atomic mass is 9.90. The third-order valence-electron chi connectivity index (χ3n) is 3.40. The van der Waals surface area contributed by atoms with Gasteiger partial charge in [0, 0.05) is 25.2 Å². The standard InChI is InChI=1S/C14H21N3O3/c1-5-14(2,3)9-16-11-7-6-10(13(18)15-4)8-12(11)17(19)20/h6-8,16H,5,9H2,1-4H3,(H,15,18). The van der Waals surface area contributed by atoms with E-state index in [1.54, 1.807) is 12.1 Å². The smallest absolute Gasteiger partial charge is 0.293 e. The van der Waals surface area contributed by atoms with Crippen molar-refractivity contribution in [2.75, 3.05) is 18.9 Å². The highest BCUT2D eigenvalue weighted by Crippen LogP contribution is 2.28. The maximum absolute atomic E-state index is 11.5. The van der Waals surface area contributed by atoms with Gasteiger partial charge in [0.2, 0.25) is 0 Å². The molecule has 110 valence electrons. The fraction of sp³-hybridized carbons (Fsp3) is 0.500. The van der Waals surface area contributed by atoms with Crippen LogP contribution in [-0.2, 0) is 0 Å². The molecule has 2 N–H and O–H groups in total. The molecule has 20 heavy (non-hydrogen) atoms. The number of nitro groups is 1.